The van der Waals surface area contributed by atoms with Gasteiger partial charge in [0.15, 0.2) is 0 Å². The van der Waals surface area contributed by atoms with Crippen LogP contribution in [-0.4, -0.2) is 31.8 Å². The van der Waals surface area contributed by atoms with E-state index in [9.17, 15) is 18.8 Å². The largest absolute Gasteiger partial charge is 0.343 e. The Kier molecular flexibility index (Phi) is 6.39. The number of Topliss-reactive ketones (excluding diaryl/α,β-unsaturated/α-hetero) is 2. The van der Waals surface area contributed by atoms with Gasteiger partial charge in [-0.25, -0.2) is 9.24 Å². The van der Waals surface area contributed by atoms with Gasteiger partial charge in [-0.15, -0.1) is 0 Å². The van der Waals surface area contributed by atoms with Crippen LogP contribution in [-0.2, 0) is 17.3 Å². The quantitative estimate of drug-likeness (QED) is 0.266. The van der Waals surface area contributed by atoms with Gasteiger partial charge in [0.05, 0.1) is 24.4 Å². The van der Waals surface area contributed by atoms with Crippen molar-refractivity contribution in [1.82, 2.24) is 14.3 Å². The fourth-order valence-electron chi connectivity index (χ4n) is 4.45. The number of aromatic nitrogens is 3. The Morgan fingerprint density at radius 3 is 2.58 bits per heavy atom. The Bertz CT molecular complexity index is 1440. The van der Waals surface area contributed by atoms with Gasteiger partial charge in [0, 0.05) is 36.5 Å². The summed E-state index contributed by atoms with van der Waals surface area (Å²) in [6.07, 6.45) is 5.91. The number of hydrogen-bond donors (Lipinski definition) is 1. The molecule has 3 aromatic rings. The predicted molar refractivity (Wildman–Crippen MR) is 133 cm³/mol. The third-order valence-electron chi connectivity index (χ3n) is 6.86. The van der Waals surface area contributed by atoms with Crippen molar-refractivity contribution in [3.05, 3.63) is 75.9 Å². The summed E-state index contributed by atoms with van der Waals surface area (Å²) >= 11 is 0. The monoisotopic (exact) mass is 489 g/mol. The highest BCUT2D eigenvalue weighted by Crippen LogP contribution is 2.36. The maximum Gasteiger partial charge on any atom is 0.272 e. The number of nitrogens with one attached hydrogen (secondary N) is 1. The third kappa shape index (κ3) is 4.59. The van der Waals surface area contributed by atoms with E-state index in [1.54, 1.807) is 31.7 Å². The summed E-state index contributed by atoms with van der Waals surface area (Å²) in [4.78, 5) is 42.6. The van der Waals surface area contributed by atoms with Crippen LogP contribution in [0.4, 0.5) is 15.8 Å². The lowest BCUT2D eigenvalue weighted by Gasteiger charge is -2.22. The second kappa shape index (κ2) is 9.19. The highest BCUT2D eigenvalue weighted by molar-refractivity contribution is 6.44. The van der Waals surface area contributed by atoms with Crippen molar-refractivity contribution in [2.24, 2.45) is 7.05 Å². The number of benzene rings is 1. The number of ketones is 2. The number of nitrogens with zero attached hydrogens (tertiary/aromatic N) is 4. The van der Waals surface area contributed by atoms with Crippen molar-refractivity contribution in [2.75, 3.05) is 5.32 Å². The van der Waals surface area contributed by atoms with E-state index in [-0.39, 0.29) is 29.1 Å². The summed E-state index contributed by atoms with van der Waals surface area (Å²) < 4.78 is 17.1. The first-order valence-corrected chi connectivity index (χ1v) is 11.7. The van der Waals surface area contributed by atoms with Gasteiger partial charge < -0.3 is 9.88 Å². The molecule has 1 aliphatic carbocycles. The molecule has 0 atom stereocenters. The van der Waals surface area contributed by atoms with Gasteiger partial charge in [0.25, 0.3) is 5.91 Å². The number of rotatable bonds is 8. The van der Waals surface area contributed by atoms with Gasteiger partial charge in [0.1, 0.15) is 11.5 Å². The van der Waals surface area contributed by atoms with Gasteiger partial charge >= 0.3 is 0 Å². The van der Waals surface area contributed by atoms with Crippen molar-refractivity contribution in [1.29, 1.82) is 0 Å². The van der Waals surface area contributed by atoms with Crippen molar-refractivity contribution >= 4 is 28.8 Å². The molecule has 0 unspecified atom stereocenters. The second-order valence-corrected chi connectivity index (χ2v) is 9.98. The highest BCUT2D eigenvalue weighted by atomic mass is 19.1. The summed E-state index contributed by atoms with van der Waals surface area (Å²) in [5.74, 6) is -2.38. The minimum Gasteiger partial charge on any atom is -0.343 e. The SMILES string of the molecule is [C-]#[N+]c1cc(NC(=O)c2c(C)c(C(=O)C(=O)CC(C)(C)c3cnn(C4CC4)c3)c(C)n2C)ccc1F. The van der Waals surface area contributed by atoms with Crippen LogP contribution in [0.5, 0.6) is 0 Å². The van der Waals surface area contributed by atoms with Crippen molar-refractivity contribution in [2.45, 2.75) is 58.4 Å². The van der Waals surface area contributed by atoms with Gasteiger partial charge in [-0.05, 0) is 56.0 Å². The summed E-state index contributed by atoms with van der Waals surface area (Å²) in [7, 11) is 1.64. The molecule has 1 amide bonds. The van der Waals surface area contributed by atoms with E-state index in [2.05, 4.69) is 15.3 Å². The first-order valence-electron chi connectivity index (χ1n) is 11.7. The Balaban J connectivity index is 1.55. The molecule has 1 saturated carbocycles. The normalized spacial score (nSPS) is 13.4. The van der Waals surface area contributed by atoms with E-state index in [0.29, 0.717) is 17.3 Å². The zero-order chi connectivity index (χ0) is 26.4. The third-order valence-corrected chi connectivity index (χ3v) is 6.86. The molecule has 36 heavy (non-hydrogen) atoms. The smallest absolute Gasteiger partial charge is 0.272 e. The number of halogens is 1. The van der Waals surface area contributed by atoms with E-state index in [4.69, 9.17) is 6.57 Å². The first kappa shape index (κ1) is 25.0. The molecule has 0 aliphatic heterocycles. The maximum atomic E-state index is 13.6. The van der Waals surface area contributed by atoms with E-state index in [1.165, 1.54) is 12.1 Å². The first-order chi connectivity index (χ1) is 16.9. The standard InChI is InChI=1S/C27H28FN5O3/c1-15-23(25(35)22(34)12-27(3,4)17-13-30-33(14-17)19-8-9-19)16(2)32(6)24(15)26(36)31-18-7-10-20(28)21(11-18)29-5/h7,10-11,13-14,19H,8-9,12H2,1-4,6H3,(H,31,36). The summed E-state index contributed by atoms with van der Waals surface area (Å²) in [5.41, 5.74) is 1.66. The summed E-state index contributed by atoms with van der Waals surface area (Å²) in [5, 5.41) is 7.05. The molecule has 0 spiro atoms. The molecule has 0 bridgehead atoms. The van der Waals surface area contributed by atoms with Crippen LogP contribution in [0.2, 0.25) is 0 Å². The lowest BCUT2D eigenvalue weighted by molar-refractivity contribution is -0.116. The Hall–Kier alpha value is -4.06. The van der Waals surface area contributed by atoms with Gasteiger partial charge in [0.2, 0.25) is 17.3 Å². The molecule has 2 heterocycles. The molecule has 1 N–H and O–H groups in total. The Morgan fingerprint density at radius 1 is 1.25 bits per heavy atom. The maximum absolute atomic E-state index is 13.6. The van der Waals surface area contributed by atoms with Crippen LogP contribution in [0.15, 0.2) is 30.6 Å². The molecule has 1 aliphatic rings. The Labute approximate surface area is 208 Å². The zero-order valence-corrected chi connectivity index (χ0v) is 21.0. The van der Waals surface area contributed by atoms with Crippen LogP contribution in [0.1, 0.15) is 76.8 Å². The molecular weight excluding hydrogens is 461 g/mol. The number of carbonyl (C=O) groups excluding carboxylic acids is 3. The van der Waals surface area contributed by atoms with E-state index in [1.807, 2.05) is 24.7 Å². The van der Waals surface area contributed by atoms with Crippen molar-refractivity contribution in [3.8, 4) is 0 Å². The Morgan fingerprint density at radius 2 is 1.94 bits per heavy atom. The molecule has 8 nitrogen and oxygen atoms in total. The van der Waals surface area contributed by atoms with Crippen molar-refractivity contribution in [3.63, 3.8) is 0 Å². The average molecular weight is 490 g/mol. The van der Waals surface area contributed by atoms with Crippen LogP contribution in [0.3, 0.4) is 0 Å². The number of hydrogen-bond acceptors (Lipinski definition) is 4. The van der Waals surface area contributed by atoms with Crippen molar-refractivity contribution < 1.29 is 18.8 Å². The molecule has 1 aromatic carbocycles. The number of anilines is 1. The fourth-order valence-corrected chi connectivity index (χ4v) is 4.45. The minimum atomic E-state index is -0.678. The van der Waals surface area contributed by atoms with Gasteiger partial charge in [-0.2, -0.15) is 5.10 Å². The highest BCUT2D eigenvalue weighted by Gasteiger charge is 2.34. The molecule has 4 rings (SSSR count). The lowest BCUT2D eigenvalue weighted by Crippen LogP contribution is -2.27. The fraction of sp³-hybridized carbons (Fsp3) is 0.370. The van der Waals surface area contributed by atoms with E-state index in [0.717, 1.165) is 24.5 Å². The number of carbonyl (C=O) groups is 3. The number of amides is 1. The van der Waals surface area contributed by atoms with Crippen LogP contribution < -0.4 is 5.32 Å². The van der Waals surface area contributed by atoms with Crippen LogP contribution >= 0.6 is 0 Å². The van der Waals surface area contributed by atoms with Gasteiger partial charge in [-0.1, -0.05) is 13.8 Å². The second-order valence-electron chi connectivity index (χ2n) is 9.98. The summed E-state index contributed by atoms with van der Waals surface area (Å²) in [6.45, 7) is 14.2. The van der Waals surface area contributed by atoms with E-state index >= 15 is 0 Å². The molecule has 186 valence electrons. The molecule has 1 fully saturated rings. The van der Waals surface area contributed by atoms with Crippen LogP contribution in [0, 0.1) is 26.2 Å². The molecule has 2 aromatic heterocycles. The van der Waals surface area contributed by atoms with E-state index < -0.39 is 28.7 Å². The summed E-state index contributed by atoms with van der Waals surface area (Å²) in [6, 6.07) is 4.13. The molecule has 0 radical (unpaired) electrons. The van der Waals surface area contributed by atoms with Crippen LogP contribution in [0.25, 0.3) is 4.85 Å². The predicted octanol–water partition coefficient (Wildman–Crippen LogP) is 5.24. The zero-order valence-electron chi connectivity index (χ0n) is 21.0. The topological polar surface area (TPSA) is 90.3 Å². The molecule has 9 heteroatoms. The van der Waals surface area contributed by atoms with Gasteiger partial charge in [-0.3, -0.25) is 19.1 Å². The minimum absolute atomic E-state index is 0.00643. The lowest BCUT2D eigenvalue weighted by atomic mass is 9.80. The molecule has 0 saturated heterocycles. The molecular formula is C27H28FN5O3. The average Bonchev–Trinajstić information content (AvgIpc) is 3.49.